The summed E-state index contributed by atoms with van der Waals surface area (Å²) < 4.78 is 13.3. The molecule has 4 aromatic carbocycles. The number of piperidine rings is 1. The van der Waals surface area contributed by atoms with Crippen LogP contribution in [-0.4, -0.2) is 70.8 Å². The van der Waals surface area contributed by atoms with Crippen molar-refractivity contribution < 1.29 is 34.1 Å². The van der Waals surface area contributed by atoms with Crippen LogP contribution in [0.1, 0.15) is 66.8 Å². The van der Waals surface area contributed by atoms with E-state index in [9.17, 15) is 19.5 Å². The number of hydrogen-bond donors (Lipinski definition) is 4. The molecule has 3 atom stereocenters. The van der Waals surface area contributed by atoms with Crippen LogP contribution in [-0.2, 0) is 37.0 Å². The molecule has 3 fully saturated rings. The number of hydrogen-bond acceptors (Lipinski definition) is 8. The van der Waals surface area contributed by atoms with Crippen LogP contribution in [0.15, 0.2) is 103 Å². The van der Waals surface area contributed by atoms with Crippen molar-refractivity contribution in [2.75, 3.05) is 31.2 Å². The smallest absolute Gasteiger partial charge is 0.303 e. The molecule has 3 aliphatic heterocycles. The molecule has 3 aliphatic rings. The van der Waals surface area contributed by atoms with Crippen LogP contribution in [0.4, 0.5) is 5.69 Å². The molecular formula is C42H46N4O7. The molecule has 0 unspecified atom stereocenters. The quantitative estimate of drug-likeness (QED) is 0.154. The molecule has 11 heteroatoms. The molecule has 2 amide bonds. The molecule has 3 heterocycles. The van der Waals surface area contributed by atoms with Gasteiger partial charge >= 0.3 is 5.97 Å². The van der Waals surface area contributed by atoms with Crippen molar-refractivity contribution in [2.24, 2.45) is 0 Å². The van der Waals surface area contributed by atoms with E-state index < -0.39 is 17.8 Å². The average molecular weight is 719 g/mol. The molecule has 7 rings (SSSR count). The number of carboxylic acid groups (broad SMARTS) is 1. The Hall–Kier alpha value is -5.07. The molecule has 11 nitrogen and oxygen atoms in total. The average Bonchev–Trinajstić information content (AvgIpc) is 3.51. The van der Waals surface area contributed by atoms with Crippen molar-refractivity contribution in [1.29, 1.82) is 0 Å². The molecule has 0 saturated carbocycles. The van der Waals surface area contributed by atoms with Crippen LogP contribution >= 0.6 is 0 Å². The van der Waals surface area contributed by atoms with E-state index in [2.05, 4.69) is 32.6 Å². The highest BCUT2D eigenvalue weighted by atomic mass is 16.7. The number of ether oxygens (including phenoxy) is 2. The zero-order chi connectivity index (χ0) is 36.8. The Morgan fingerprint density at radius 1 is 0.849 bits per heavy atom. The molecule has 276 valence electrons. The highest BCUT2D eigenvalue weighted by Crippen LogP contribution is 2.40. The molecule has 0 radical (unpaired) electrons. The fraction of sp³-hybridized carbons (Fsp3) is 0.357. The Balaban J connectivity index is 1.05. The van der Waals surface area contributed by atoms with Crippen LogP contribution in [0.5, 0.6) is 0 Å². The predicted octanol–water partition coefficient (Wildman–Crippen LogP) is 5.30. The minimum Gasteiger partial charge on any atom is -0.481 e. The van der Waals surface area contributed by atoms with Gasteiger partial charge in [-0.15, -0.1) is 0 Å². The molecule has 4 N–H and O–H groups in total. The Morgan fingerprint density at radius 3 is 2.26 bits per heavy atom. The highest BCUT2D eigenvalue weighted by molar-refractivity contribution is 5.93. The lowest BCUT2D eigenvalue weighted by molar-refractivity contribution is -0.253. The van der Waals surface area contributed by atoms with E-state index in [1.54, 1.807) is 0 Å². The van der Waals surface area contributed by atoms with Gasteiger partial charge in [0.15, 0.2) is 6.29 Å². The van der Waals surface area contributed by atoms with E-state index >= 15 is 0 Å². The number of para-hydroxylation sites is 1. The number of benzene rings is 4. The minimum atomic E-state index is -1.00. The van der Waals surface area contributed by atoms with Gasteiger partial charge in [-0.25, -0.2) is 0 Å². The van der Waals surface area contributed by atoms with Gasteiger partial charge in [0.1, 0.15) is 5.54 Å². The Morgan fingerprint density at radius 2 is 1.55 bits per heavy atom. The lowest BCUT2D eigenvalue weighted by atomic mass is 9.85. The zero-order valence-electron chi connectivity index (χ0n) is 29.7. The van der Waals surface area contributed by atoms with Gasteiger partial charge in [0.25, 0.3) is 0 Å². The summed E-state index contributed by atoms with van der Waals surface area (Å²) in [5, 5.41) is 24.5. The van der Waals surface area contributed by atoms with Crippen LogP contribution in [0.2, 0.25) is 0 Å². The van der Waals surface area contributed by atoms with Gasteiger partial charge in [-0.2, -0.15) is 0 Å². The van der Waals surface area contributed by atoms with Gasteiger partial charge in [-0.3, -0.25) is 14.4 Å². The summed E-state index contributed by atoms with van der Waals surface area (Å²) in [6.45, 7) is 3.02. The molecular weight excluding hydrogens is 672 g/mol. The van der Waals surface area contributed by atoms with Crippen LogP contribution < -0.4 is 15.5 Å². The monoisotopic (exact) mass is 718 g/mol. The number of likely N-dealkylation sites (tertiary alicyclic amines) is 1. The largest absolute Gasteiger partial charge is 0.481 e. The number of nitrogens with zero attached hydrogens (tertiary/aromatic N) is 2. The van der Waals surface area contributed by atoms with E-state index in [-0.39, 0.29) is 50.0 Å². The Bertz CT molecular complexity index is 1880. The maximum atomic E-state index is 13.3. The number of nitrogens with one attached hydrogen (secondary N) is 2. The van der Waals surface area contributed by atoms with Crippen molar-refractivity contribution in [2.45, 2.75) is 69.3 Å². The van der Waals surface area contributed by atoms with Gasteiger partial charge < -0.3 is 40.1 Å². The Kier molecular flexibility index (Phi) is 11.2. The second-order valence-electron chi connectivity index (χ2n) is 14.1. The lowest BCUT2D eigenvalue weighted by Gasteiger charge is -2.45. The first kappa shape index (κ1) is 36.3. The fourth-order valence-corrected chi connectivity index (χ4v) is 7.74. The summed E-state index contributed by atoms with van der Waals surface area (Å²) in [7, 11) is 0. The summed E-state index contributed by atoms with van der Waals surface area (Å²) in [5.74, 6) is -1.21. The summed E-state index contributed by atoms with van der Waals surface area (Å²) in [6.07, 6.45) is 0.879. The van der Waals surface area contributed by atoms with Crippen molar-refractivity contribution in [3.8, 4) is 11.1 Å². The van der Waals surface area contributed by atoms with Crippen molar-refractivity contribution in [1.82, 2.24) is 15.5 Å². The third-order valence-corrected chi connectivity index (χ3v) is 10.7. The van der Waals surface area contributed by atoms with E-state index in [1.165, 1.54) is 0 Å². The topological polar surface area (TPSA) is 141 Å². The SMILES string of the molecule is O=C(O)CCC(=O)NCc1ccccc1-c1ccc([C@@H]2O[C@H](CN3CCC4(CC3)C(=O)NCN4c3ccccc3)C[C@H](c3ccc(CO)cc3)O2)cc1. The first-order valence-electron chi connectivity index (χ1n) is 18.3. The molecule has 1 spiro atoms. The van der Waals surface area contributed by atoms with E-state index in [4.69, 9.17) is 14.6 Å². The van der Waals surface area contributed by atoms with E-state index in [0.717, 1.165) is 65.0 Å². The lowest BCUT2D eigenvalue weighted by Crippen LogP contribution is -2.57. The number of aliphatic hydroxyl groups excluding tert-OH is 1. The summed E-state index contributed by atoms with van der Waals surface area (Å²) >= 11 is 0. The van der Waals surface area contributed by atoms with E-state index in [1.807, 2.05) is 91.0 Å². The highest BCUT2D eigenvalue weighted by Gasteiger charge is 2.50. The first-order chi connectivity index (χ1) is 25.8. The van der Waals surface area contributed by atoms with E-state index in [0.29, 0.717) is 19.6 Å². The third kappa shape index (κ3) is 8.29. The second-order valence-corrected chi connectivity index (χ2v) is 14.1. The summed E-state index contributed by atoms with van der Waals surface area (Å²) in [5.41, 5.74) is 6.10. The Labute approximate surface area is 309 Å². The first-order valence-corrected chi connectivity index (χ1v) is 18.3. The van der Waals surface area contributed by atoms with Crippen molar-refractivity contribution >= 4 is 23.5 Å². The number of rotatable bonds is 12. The molecule has 4 aromatic rings. The van der Waals surface area contributed by atoms with Crippen LogP contribution in [0.3, 0.4) is 0 Å². The number of aliphatic hydroxyl groups is 1. The second kappa shape index (κ2) is 16.3. The van der Waals surface area contributed by atoms with Gasteiger partial charge in [0, 0.05) is 50.3 Å². The normalized spacial score (nSPS) is 21.3. The van der Waals surface area contributed by atoms with Gasteiger partial charge in [-0.05, 0) is 52.8 Å². The van der Waals surface area contributed by atoms with Crippen LogP contribution in [0.25, 0.3) is 11.1 Å². The van der Waals surface area contributed by atoms with Gasteiger partial charge in [-0.1, -0.05) is 91.0 Å². The molecule has 0 aliphatic carbocycles. The standard InChI is InChI=1S/C42H46N4O7/c47-27-29-10-12-31(13-11-29)37-24-35(26-45-22-20-42(21-23-45)41(51)44-28-46(42)34-7-2-1-3-8-34)52-40(53-37)32-16-14-30(15-17-32)36-9-5-4-6-33(36)25-43-38(48)18-19-39(49)50/h1-17,35,37,40,47H,18-28H2,(H,43,48)(H,44,51)(H,49,50)/t35-,37+,40+/m0/s1. The van der Waals surface area contributed by atoms with Crippen molar-refractivity contribution in [3.63, 3.8) is 0 Å². The molecule has 0 bridgehead atoms. The number of carbonyl (C=O) groups excluding carboxylic acids is 2. The van der Waals surface area contributed by atoms with Gasteiger partial charge in [0.05, 0.1) is 31.9 Å². The maximum absolute atomic E-state index is 13.3. The number of aliphatic carboxylic acids is 1. The summed E-state index contributed by atoms with van der Waals surface area (Å²) in [4.78, 5) is 40.9. The number of anilines is 1. The predicted molar refractivity (Wildman–Crippen MR) is 199 cm³/mol. The summed E-state index contributed by atoms with van der Waals surface area (Å²) in [6, 6.07) is 33.9. The fourth-order valence-electron chi connectivity index (χ4n) is 7.74. The van der Waals surface area contributed by atoms with Crippen LogP contribution in [0, 0.1) is 0 Å². The van der Waals surface area contributed by atoms with Gasteiger partial charge in [0.2, 0.25) is 11.8 Å². The van der Waals surface area contributed by atoms with Crippen molar-refractivity contribution in [3.05, 3.63) is 125 Å². The maximum Gasteiger partial charge on any atom is 0.303 e. The number of carbonyl (C=O) groups is 3. The number of carboxylic acids is 1. The third-order valence-electron chi connectivity index (χ3n) is 10.7. The molecule has 3 saturated heterocycles. The molecule has 0 aromatic heterocycles. The zero-order valence-corrected chi connectivity index (χ0v) is 29.7. The number of amides is 2. The minimum absolute atomic E-state index is 0.0249. The molecule has 53 heavy (non-hydrogen) atoms.